The monoisotopic (exact) mass is 510 g/mol. The topological polar surface area (TPSA) is 51.2 Å². The summed E-state index contributed by atoms with van der Waals surface area (Å²) >= 11 is 8.74. The lowest BCUT2D eigenvalue weighted by molar-refractivity contribution is -0.124. The minimum atomic E-state index is -0.432. The zero-order valence-corrected chi connectivity index (χ0v) is 22.1. The third-order valence-electron chi connectivity index (χ3n) is 4.94. The molecule has 0 amide bonds. The lowest BCUT2D eigenvalue weighted by atomic mass is 9.85. The quantitative estimate of drug-likeness (QED) is 0.243. The van der Waals surface area contributed by atoms with Gasteiger partial charge >= 0.3 is 0 Å². The van der Waals surface area contributed by atoms with Crippen molar-refractivity contribution in [2.45, 2.75) is 41.5 Å². The molecule has 9 heteroatoms. The predicted molar refractivity (Wildman–Crippen MR) is 137 cm³/mol. The highest BCUT2D eigenvalue weighted by Gasteiger charge is 2.46. The van der Waals surface area contributed by atoms with Crippen molar-refractivity contribution in [1.29, 1.82) is 0 Å². The van der Waals surface area contributed by atoms with Crippen LogP contribution in [0.3, 0.4) is 0 Å². The van der Waals surface area contributed by atoms with Gasteiger partial charge in [-0.3, -0.25) is 14.4 Å². The van der Waals surface area contributed by atoms with Crippen molar-refractivity contribution in [2.75, 3.05) is 0 Å². The standard InChI is InChI=1S/C21H18O3S6/c1-7-8(2)26-19(25-7)13-16(22)14(20-27-9(3)10(4)28-20)18(24)15(17(13)23)21-29-11(5)12(6)30-21/h1-6H3. The van der Waals surface area contributed by atoms with Gasteiger partial charge < -0.3 is 0 Å². The summed E-state index contributed by atoms with van der Waals surface area (Å²) < 4.78 is 2.06. The Labute approximate surface area is 201 Å². The van der Waals surface area contributed by atoms with Crippen LogP contribution in [0.25, 0.3) is 0 Å². The van der Waals surface area contributed by atoms with Gasteiger partial charge in [0, 0.05) is 0 Å². The lowest BCUT2D eigenvalue weighted by Crippen LogP contribution is -2.33. The van der Waals surface area contributed by atoms with Crippen molar-refractivity contribution in [2.24, 2.45) is 0 Å². The van der Waals surface area contributed by atoms with Crippen LogP contribution in [-0.4, -0.2) is 17.3 Å². The summed E-state index contributed by atoms with van der Waals surface area (Å²) in [7, 11) is 0. The van der Waals surface area contributed by atoms with Gasteiger partial charge in [0.1, 0.15) is 0 Å². The minimum absolute atomic E-state index is 0.151. The molecule has 1 aliphatic carbocycles. The van der Waals surface area contributed by atoms with Crippen molar-refractivity contribution in [3.8, 4) is 0 Å². The Morgan fingerprint density at radius 3 is 0.700 bits per heavy atom. The SMILES string of the molecule is CC1=C(C)SC(=C2C(=O)C(=C3SC(C)=C(C)S3)C(=O)C(=C3SC(C)=C(C)S3)C2=O)S1. The van der Waals surface area contributed by atoms with Crippen LogP contribution in [0.4, 0.5) is 0 Å². The number of thioether (sulfide) groups is 6. The first-order valence-corrected chi connectivity index (χ1v) is 14.0. The van der Waals surface area contributed by atoms with E-state index in [1.807, 2.05) is 41.5 Å². The Bertz CT molecular complexity index is 929. The first kappa shape index (κ1) is 22.7. The molecular formula is C21H18O3S6. The fraction of sp³-hybridized carbons (Fsp3) is 0.286. The lowest BCUT2D eigenvalue weighted by Gasteiger charge is -2.21. The zero-order valence-electron chi connectivity index (χ0n) is 17.2. The van der Waals surface area contributed by atoms with E-state index in [1.165, 1.54) is 70.6 Å². The molecule has 3 nitrogen and oxygen atoms in total. The molecule has 156 valence electrons. The Kier molecular flexibility index (Phi) is 6.43. The Hall–Kier alpha value is -0.450. The first-order valence-electron chi connectivity index (χ1n) is 9.06. The second kappa shape index (κ2) is 8.48. The molecule has 0 unspecified atom stereocenters. The van der Waals surface area contributed by atoms with Gasteiger partial charge in [-0.25, -0.2) is 0 Å². The molecule has 3 aliphatic heterocycles. The number of carbonyl (C=O) groups is 3. The maximum absolute atomic E-state index is 13.5. The molecule has 0 aromatic carbocycles. The van der Waals surface area contributed by atoms with E-state index in [9.17, 15) is 14.4 Å². The van der Waals surface area contributed by atoms with Crippen molar-refractivity contribution >= 4 is 87.9 Å². The van der Waals surface area contributed by atoms with Gasteiger partial charge in [-0.2, -0.15) is 0 Å². The number of hydrogen-bond acceptors (Lipinski definition) is 9. The highest BCUT2D eigenvalue weighted by molar-refractivity contribution is 8.29. The maximum atomic E-state index is 13.5. The van der Waals surface area contributed by atoms with Crippen molar-refractivity contribution < 1.29 is 14.4 Å². The largest absolute Gasteiger partial charge is 0.288 e. The third-order valence-corrected chi connectivity index (χ3v) is 12.8. The summed E-state index contributed by atoms with van der Waals surface area (Å²) in [6.45, 7) is 11.9. The molecule has 4 rings (SSSR count). The van der Waals surface area contributed by atoms with Gasteiger partial charge in [-0.15, -0.1) is 0 Å². The molecule has 1 saturated carbocycles. The zero-order chi connectivity index (χ0) is 21.9. The molecular weight excluding hydrogens is 493 g/mol. The molecule has 0 aromatic heterocycles. The average Bonchev–Trinajstić information content (AvgIpc) is 3.27. The molecule has 4 aliphatic rings. The molecule has 0 atom stereocenters. The molecule has 0 radical (unpaired) electrons. The van der Waals surface area contributed by atoms with Gasteiger partial charge in [-0.1, -0.05) is 70.6 Å². The van der Waals surface area contributed by atoms with E-state index in [1.54, 1.807) is 0 Å². The van der Waals surface area contributed by atoms with Crippen molar-refractivity contribution in [1.82, 2.24) is 0 Å². The molecule has 0 aromatic rings. The van der Waals surface area contributed by atoms with Crippen LogP contribution < -0.4 is 0 Å². The molecule has 3 heterocycles. The molecule has 0 spiro atoms. The maximum Gasteiger partial charge on any atom is 0.204 e. The highest BCUT2D eigenvalue weighted by Crippen LogP contribution is 2.56. The van der Waals surface area contributed by atoms with E-state index in [-0.39, 0.29) is 16.7 Å². The van der Waals surface area contributed by atoms with E-state index in [2.05, 4.69) is 0 Å². The Morgan fingerprint density at radius 1 is 0.367 bits per heavy atom. The smallest absolute Gasteiger partial charge is 0.204 e. The fourth-order valence-corrected chi connectivity index (χ4v) is 10.6. The molecule has 0 bridgehead atoms. The van der Waals surface area contributed by atoms with Gasteiger partial charge in [-0.05, 0) is 71.0 Å². The van der Waals surface area contributed by atoms with Gasteiger partial charge in [0.2, 0.25) is 17.3 Å². The van der Waals surface area contributed by atoms with Crippen LogP contribution in [0.2, 0.25) is 0 Å². The second-order valence-electron chi connectivity index (χ2n) is 6.92. The molecule has 1 fully saturated rings. The van der Waals surface area contributed by atoms with Crippen LogP contribution in [0.1, 0.15) is 41.5 Å². The van der Waals surface area contributed by atoms with Crippen LogP contribution in [-0.2, 0) is 14.4 Å². The average molecular weight is 511 g/mol. The normalized spacial score (nSPS) is 23.6. The first-order chi connectivity index (χ1) is 14.1. The van der Waals surface area contributed by atoms with Crippen molar-refractivity contribution in [3.63, 3.8) is 0 Å². The number of ketones is 3. The highest BCUT2D eigenvalue weighted by atomic mass is 32.2. The van der Waals surface area contributed by atoms with Crippen molar-refractivity contribution in [3.05, 3.63) is 58.9 Å². The summed E-state index contributed by atoms with van der Waals surface area (Å²) in [5, 5.41) is 0. The second-order valence-corrected chi connectivity index (χ2v) is 15.0. The van der Waals surface area contributed by atoms with E-state index in [4.69, 9.17) is 0 Å². The van der Waals surface area contributed by atoms with Gasteiger partial charge in [0.25, 0.3) is 0 Å². The van der Waals surface area contributed by atoms with E-state index >= 15 is 0 Å². The van der Waals surface area contributed by atoms with E-state index < -0.39 is 17.3 Å². The number of allylic oxidation sites excluding steroid dienone is 9. The van der Waals surface area contributed by atoms with Gasteiger partial charge in [0.15, 0.2) is 0 Å². The van der Waals surface area contributed by atoms with Crippen LogP contribution >= 0.6 is 70.6 Å². The number of carbonyl (C=O) groups excluding carboxylic acids is 3. The fourth-order valence-electron chi connectivity index (χ4n) is 2.87. The number of rotatable bonds is 0. The molecule has 0 N–H and O–H groups in total. The summed E-state index contributed by atoms with van der Waals surface area (Å²) in [6, 6.07) is 0. The number of hydrogen-bond donors (Lipinski definition) is 0. The summed E-state index contributed by atoms with van der Waals surface area (Å²) in [5.41, 5.74) is 0.452. The van der Waals surface area contributed by atoms with E-state index in [0.717, 1.165) is 29.4 Å². The third kappa shape index (κ3) is 3.79. The van der Waals surface area contributed by atoms with Crippen LogP contribution in [0.15, 0.2) is 58.9 Å². The van der Waals surface area contributed by atoms with Gasteiger partial charge in [0.05, 0.1) is 29.4 Å². The summed E-state index contributed by atoms with van der Waals surface area (Å²) in [5.74, 6) is -1.30. The van der Waals surface area contributed by atoms with Crippen LogP contribution in [0, 0.1) is 0 Å². The number of Topliss-reactive ketones (excluding diaryl/α,β-unsaturated/α-hetero) is 3. The van der Waals surface area contributed by atoms with E-state index in [0.29, 0.717) is 12.7 Å². The Morgan fingerprint density at radius 2 is 0.533 bits per heavy atom. The minimum Gasteiger partial charge on any atom is -0.288 e. The Balaban J connectivity index is 1.90. The summed E-state index contributed by atoms with van der Waals surface area (Å²) in [4.78, 5) is 47.1. The van der Waals surface area contributed by atoms with Crippen LogP contribution in [0.5, 0.6) is 0 Å². The molecule has 0 saturated heterocycles. The summed E-state index contributed by atoms with van der Waals surface area (Å²) in [6.07, 6.45) is 0. The molecule has 30 heavy (non-hydrogen) atoms. The predicted octanol–water partition coefficient (Wildman–Crippen LogP) is 7.54.